The highest BCUT2D eigenvalue weighted by molar-refractivity contribution is 5.91. The van der Waals surface area contributed by atoms with E-state index in [2.05, 4.69) is 5.32 Å². The monoisotopic (exact) mass is 395 g/mol. The third-order valence-corrected chi connectivity index (χ3v) is 5.46. The quantitative estimate of drug-likeness (QED) is 0.645. The molecule has 28 heavy (non-hydrogen) atoms. The van der Waals surface area contributed by atoms with E-state index in [0.717, 1.165) is 19.4 Å². The smallest absolute Gasteiger partial charge is 0.331 e. The van der Waals surface area contributed by atoms with Crippen molar-refractivity contribution in [2.75, 3.05) is 20.6 Å². The molecule has 1 heterocycles. The van der Waals surface area contributed by atoms with Gasteiger partial charge in [0.2, 0.25) is 11.8 Å². The molecule has 160 valence electrons. The van der Waals surface area contributed by atoms with Gasteiger partial charge in [-0.15, -0.1) is 0 Å². The van der Waals surface area contributed by atoms with Crippen molar-refractivity contribution in [3.8, 4) is 0 Å². The topological polar surface area (TPSA) is 90.0 Å². The lowest BCUT2D eigenvalue weighted by molar-refractivity contribution is -0.141. The number of carboxylic acid groups (broad SMARTS) is 1. The summed E-state index contributed by atoms with van der Waals surface area (Å²) >= 11 is 0. The van der Waals surface area contributed by atoms with Gasteiger partial charge in [-0.05, 0) is 44.7 Å². The van der Waals surface area contributed by atoms with E-state index in [9.17, 15) is 19.5 Å². The van der Waals surface area contributed by atoms with Gasteiger partial charge in [0.25, 0.3) is 0 Å². The molecular formula is C21H37N3O4. The maximum atomic E-state index is 13.3. The predicted molar refractivity (Wildman–Crippen MR) is 110 cm³/mol. The molecule has 0 saturated carbocycles. The molecule has 1 rings (SSSR count). The molecule has 0 aromatic carbocycles. The Morgan fingerprint density at radius 3 is 2.21 bits per heavy atom. The Morgan fingerprint density at radius 2 is 1.82 bits per heavy atom. The first-order chi connectivity index (χ1) is 12.8. The van der Waals surface area contributed by atoms with Gasteiger partial charge >= 0.3 is 5.97 Å². The Bertz CT molecular complexity index is 622. The van der Waals surface area contributed by atoms with E-state index in [-0.39, 0.29) is 35.4 Å². The van der Waals surface area contributed by atoms with Crippen LogP contribution in [0.4, 0.5) is 0 Å². The normalized spacial score (nSPS) is 20.8. The van der Waals surface area contributed by atoms with Crippen molar-refractivity contribution in [1.29, 1.82) is 0 Å². The molecule has 2 amide bonds. The number of hydrogen-bond acceptors (Lipinski definition) is 4. The number of amides is 2. The number of nitrogens with one attached hydrogen (secondary N) is 1. The number of carboxylic acids is 1. The van der Waals surface area contributed by atoms with Gasteiger partial charge in [0.15, 0.2) is 0 Å². The van der Waals surface area contributed by atoms with Crippen LogP contribution in [-0.2, 0) is 14.4 Å². The van der Waals surface area contributed by atoms with Crippen LogP contribution in [0.3, 0.4) is 0 Å². The van der Waals surface area contributed by atoms with Crippen LogP contribution in [0, 0.1) is 11.3 Å². The Morgan fingerprint density at radius 1 is 1.25 bits per heavy atom. The molecular weight excluding hydrogens is 358 g/mol. The Labute approximate surface area is 169 Å². The maximum Gasteiger partial charge on any atom is 0.331 e. The van der Waals surface area contributed by atoms with Gasteiger partial charge in [-0.1, -0.05) is 40.7 Å². The van der Waals surface area contributed by atoms with Crippen LogP contribution < -0.4 is 5.32 Å². The van der Waals surface area contributed by atoms with Gasteiger partial charge in [0.05, 0.1) is 12.1 Å². The van der Waals surface area contributed by atoms with Crippen LogP contribution in [0.15, 0.2) is 11.6 Å². The van der Waals surface area contributed by atoms with E-state index in [4.69, 9.17) is 0 Å². The van der Waals surface area contributed by atoms with Crippen molar-refractivity contribution in [2.24, 2.45) is 11.3 Å². The number of hydrogen-bond donors (Lipinski definition) is 2. The fraction of sp³-hybridized carbons (Fsp3) is 0.762. The van der Waals surface area contributed by atoms with Crippen LogP contribution in [0.1, 0.15) is 54.4 Å². The van der Waals surface area contributed by atoms with E-state index in [0.29, 0.717) is 0 Å². The van der Waals surface area contributed by atoms with Crippen LogP contribution in [0.25, 0.3) is 0 Å². The number of nitrogens with zero attached hydrogens (tertiary/aromatic N) is 2. The summed E-state index contributed by atoms with van der Waals surface area (Å²) in [6, 6.07) is -1.28. The molecule has 0 spiro atoms. The number of rotatable bonds is 7. The lowest BCUT2D eigenvalue weighted by Crippen LogP contribution is -2.58. The lowest BCUT2D eigenvalue weighted by Gasteiger charge is -2.38. The number of carbonyl (C=O) groups is 3. The number of likely N-dealkylation sites (tertiary alicyclic amines) is 1. The van der Waals surface area contributed by atoms with E-state index in [1.54, 1.807) is 18.0 Å². The van der Waals surface area contributed by atoms with E-state index in [1.165, 1.54) is 6.92 Å². The molecule has 0 bridgehead atoms. The van der Waals surface area contributed by atoms with Crippen LogP contribution in [-0.4, -0.2) is 71.5 Å². The third kappa shape index (κ3) is 6.06. The van der Waals surface area contributed by atoms with Crippen LogP contribution in [0.5, 0.6) is 0 Å². The first kappa shape index (κ1) is 24.1. The summed E-state index contributed by atoms with van der Waals surface area (Å²) < 4.78 is 0. The molecule has 0 aliphatic carbocycles. The highest BCUT2D eigenvalue weighted by Crippen LogP contribution is 2.25. The molecule has 1 aliphatic heterocycles. The zero-order chi connectivity index (χ0) is 21.8. The minimum atomic E-state index is -1.00. The van der Waals surface area contributed by atoms with Crippen LogP contribution in [0.2, 0.25) is 0 Å². The third-order valence-electron chi connectivity index (χ3n) is 5.46. The van der Waals surface area contributed by atoms with Crippen molar-refractivity contribution < 1.29 is 19.5 Å². The first-order valence-electron chi connectivity index (χ1n) is 9.96. The summed E-state index contributed by atoms with van der Waals surface area (Å²) in [5.41, 5.74) is -0.284. The largest absolute Gasteiger partial charge is 0.478 e. The fourth-order valence-corrected chi connectivity index (χ4v) is 3.56. The SMILES string of the molecule is C/C(=C\[C@H](C(C)C)N(C)C(=O)C(NC(=O)C1CCCN1C)C(C)(C)C)C(=O)O. The van der Waals surface area contributed by atoms with Gasteiger partial charge in [-0.25, -0.2) is 4.79 Å². The van der Waals surface area contributed by atoms with Crippen molar-refractivity contribution in [2.45, 2.75) is 72.5 Å². The number of aliphatic carboxylic acids is 1. The highest BCUT2D eigenvalue weighted by Gasteiger charge is 2.39. The Hall–Kier alpha value is -1.89. The van der Waals surface area contributed by atoms with Gasteiger partial charge in [0.1, 0.15) is 6.04 Å². The predicted octanol–water partition coefficient (Wildman–Crippen LogP) is 2.13. The summed E-state index contributed by atoms with van der Waals surface area (Å²) in [4.78, 5) is 40.9. The molecule has 0 radical (unpaired) electrons. The molecule has 1 saturated heterocycles. The molecule has 1 aliphatic rings. The average molecular weight is 396 g/mol. The zero-order valence-corrected chi connectivity index (χ0v) is 18.6. The molecule has 3 atom stereocenters. The number of carbonyl (C=O) groups excluding carboxylic acids is 2. The summed E-state index contributed by atoms with van der Waals surface area (Å²) in [6.07, 6.45) is 3.37. The minimum absolute atomic E-state index is 0.0283. The maximum absolute atomic E-state index is 13.3. The van der Waals surface area contributed by atoms with Crippen molar-refractivity contribution in [3.05, 3.63) is 11.6 Å². The fourth-order valence-electron chi connectivity index (χ4n) is 3.56. The van der Waals surface area contributed by atoms with Crippen molar-refractivity contribution in [1.82, 2.24) is 15.1 Å². The second kappa shape index (κ2) is 9.54. The molecule has 2 N–H and O–H groups in total. The van der Waals surface area contributed by atoms with Gasteiger partial charge < -0.3 is 15.3 Å². The van der Waals surface area contributed by atoms with Gasteiger partial charge in [-0.3, -0.25) is 14.5 Å². The Kier molecular flexibility index (Phi) is 8.23. The van der Waals surface area contributed by atoms with Crippen molar-refractivity contribution in [3.63, 3.8) is 0 Å². The average Bonchev–Trinajstić information content (AvgIpc) is 3.00. The lowest BCUT2D eigenvalue weighted by atomic mass is 9.85. The second-order valence-corrected chi connectivity index (χ2v) is 9.28. The van der Waals surface area contributed by atoms with Gasteiger partial charge in [-0.2, -0.15) is 0 Å². The number of likely N-dealkylation sites (N-methyl/N-ethyl adjacent to an activating group) is 2. The molecule has 0 aromatic heterocycles. The molecule has 2 unspecified atom stereocenters. The zero-order valence-electron chi connectivity index (χ0n) is 18.6. The minimum Gasteiger partial charge on any atom is -0.478 e. The molecule has 7 nitrogen and oxygen atoms in total. The van der Waals surface area contributed by atoms with E-state index >= 15 is 0 Å². The summed E-state index contributed by atoms with van der Waals surface area (Å²) in [6.45, 7) is 12.0. The van der Waals surface area contributed by atoms with Crippen LogP contribution >= 0.6 is 0 Å². The molecule has 1 fully saturated rings. The highest BCUT2D eigenvalue weighted by atomic mass is 16.4. The molecule has 7 heteroatoms. The molecule has 0 aromatic rings. The summed E-state index contributed by atoms with van der Waals surface area (Å²) in [5, 5.41) is 12.2. The van der Waals surface area contributed by atoms with E-state index < -0.39 is 17.4 Å². The van der Waals surface area contributed by atoms with Gasteiger partial charge in [0, 0.05) is 12.6 Å². The summed E-state index contributed by atoms with van der Waals surface area (Å²) in [7, 11) is 3.59. The Balaban J connectivity index is 3.09. The van der Waals surface area contributed by atoms with E-state index in [1.807, 2.05) is 46.6 Å². The standard InChI is InChI=1S/C21H37N3O4/c1-13(2)16(12-14(3)20(27)28)24(8)19(26)17(21(4,5)6)22-18(25)15-10-9-11-23(15)7/h12-13,15-17H,9-11H2,1-8H3,(H,22,25)(H,27,28)/b14-12+/t15?,16-,17?/m1/s1. The second-order valence-electron chi connectivity index (χ2n) is 9.28. The summed E-state index contributed by atoms with van der Waals surface area (Å²) in [5.74, 6) is -1.31. The first-order valence-corrected chi connectivity index (χ1v) is 9.96. The van der Waals surface area contributed by atoms with Crippen molar-refractivity contribution >= 4 is 17.8 Å².